The molecule has 42 heavy (non-hydrogen) atoms. The quantitative estimate of drug-likeness (QED) is 0.217. The minimum absolute atomic E-state index is 0.874. The summed E-state index contributed by atoms with van der Waals surface area (Å²) in [6.45, 7) is 0. The number of rotatable bonds is 5. The van der Waals surface area contributed by atoms with Crippen molar-refractivity contribution in [2.75, 3.05) is 4.90 Å². The number of fused-ring (bicyclic) bond motifs is 4. The van der Waals surface area contributed by atoms with Crippen LogP contribution in [-0.2, 0) is 0 Å². The van der Waals surface area contributed by atoms with Crippen LogP contribution in [0.2, 0.25) is 0 Å². The van der Waals surface area contributed by atoms with Gasteiger partial charge in [0.15, 0.2) is 0 Å². The minimum Gasteiger partial charge on any atom is -0.456 e. The van der Waals surface area contributed by atoms with Crippen LogP contribution in [0, 0.1) is 0 Å². The zero-order chi connectivity index (χ0) is 27.9. The van der Waals surface area contributed by atoms with E-state index in [9.17, 15) is 0 Å². The fourth-order valence-electron chi connectivity index (χ4n) is 6.01. The van der Waals surface area contributed by atoms with E-state index in [0.717, 1.165) is 50.1 Å². The first-order valence-corrected chi connectivity index (χ1v) is 14.3. The molecule has 0 amide bonds. The Bertz CT molecular complexity index is 2160. The minimum atomic E-state index is 0.874. The second kappa shape index (κ2) is 10.1. The molecule has 0 fully saturated rings. The smallest absolute Gasteiger partial charge is 0.138 e. The van der Waals surface area contributed by atoms with E-state index in [1.165, 1.54) is 21.9 Å². The summed E-state index contributed by atoms with van der Waals surface area (Å²) in [5.41, 5.74) is 9.70. The van der Waals surface area contributed by atoms with E-state index in [0.29, 0.717) is 0 Å². The van der Waals surface area contributed by atoms with Crippen molar-refractivity contribution in [2.24, 2.45) is 0 Å². The summed E-state index contributed by atoms with van der Waals surface area (Å²) < 4.78 is 6.64. The normalized spacial score (nSPS) is 11.3. The van der Waals surface area contributed by atoms with Crippen molar-refractivity contribution < 1.29 is 4.42 Å². The van der Waals surface area contributed by atoms with Crippen LogP contribution in [0.4, 0.5) is 17.1 Å². The molecular formula is C40H27NO. The van der Waals surface area contributed by atoms with E-state index >= 15 is 0 Å². The molecule has 8 rings (SSSR count). The van der Waals surface area contributed by atoms with Crippen molar-refractivity contribution in [2.45, 2.75) is 0 Å². The number of hydrogen-bond donors (Lipinski definition) is 0. The van der Waals surface area contributed by atoms with Gasteiger partial charge >= 0.3 is 0 Å². The lowest BCUT2D eigenvalue weighted by molar-refractivity contribution is 0.669. The molecule has 0 unspecified atom stereocenters. The molecule has 2 nitrogen and oxygen atoms in total. The van der Waals surface area contributed by atoms with Crippen molar-refractivity contribution in [3.63, 3.8) is 0 Å². The Labute approximate surface area is 244 Å². The number of anilines is 3. The SMILES string of the molecule is c1ccc(-c2ccc(N(c3ccccc3)c3cc(-c4ccccc4)c4c(c3)oc3cc5ccccc5cc34)cc2)cc1. The van der Waals surface area contributed by atoms with Crippen LogP contribution in [0.15, 0.2) is 168 Å². The predicted octanol–water partition coefficient (Wildman–Crippen LogP) is 11.5. The fourth-order valence-corrected chi connectivity index (χ4v) is 6.01. The van der Waals surface area contributed by atoms with Gasteiger partial charge in [0.1, 0.15) is 11.2 Å². The lowest BCUT2D eigenvalue weighted by Crippen LogP contribution is -2.10. The first-order valence-electron chi connectivity index (χ1n) is 14.3. The summed E-state index contributed by atoms with van der Waals surface area (Å²) in [6, 6.07) is 57.9. The number of para-hydroxylation sites is 1. The molecule has 2 heteroatoms. The topological polar surface area (TPSA) is 16.4 Å². The van der Waals surface area contributed by atoms with Crippen LogP contribution < -0.4 is 4.90 Å². The van der Waals surface area contributed by atoms with Crippen molar-refractivity contribution in [1.82, 2.24) is 0 Å². The second-order valence-corrected chi connectivity index (χ2v) is 10.6. The Balaban J connectivity index is 1.37. The predicted molar refractivity (Wildman–Crippen MR) is 177 cm³/mol. The van der Waals surface area contributed by atoms with Crippen LogP contribution in [0.1, 0.15) is 0 Å². The first-order chi connectivity index (χ1) is 20.8. The highest BCUT2D eigenvalue weighted by molar-refractivity contribution is 6.16. The molecule has 1 aromatic heterocycles. The average molecular weight is 538 g/mol. The number of benzene rings is 7. The van der Waals surface area contributed by atoms with Gasteiger partial charge in [-0.05, 0) is 75.5 Å². The molecule has 198 valence electrons. The molecule has 0 saturated heterocycles. The van der Waals surface area contributed by atoms with Gasteiger partial charge in [0.2, 0.25) is 0 Å². The third kappa shape index (κ3) is 4.22. The molecule has 0 saturated carbocycles. The van der Waals surface area contributed by atoms with Crippen LogP contribution in [0.3, 0.4) is 0 Å². The average Bonchev–Trinajstić information content (AvgIpc) is 3.42. The number of furan rings is 1. The van der Waals surface area contributed by atoms with Crippen LogP contribution in [-0.4, -0.2) is 0 Å². The molecule has 0 aliphatic rings. The van der Waals surface area contributed by atoms with E-state index in [1.807, 2.05) is 0 Å². The highest BCUT2D eigenvalue weighted by Crippen LogP contribution is 2.44. The van der Waals surface area contributed by atoms with E-state index in [4.69, 9.17) is 4.42 Å². The summed E-state index contributed by atoms with van der Waals surface area (Å²) >= 11 is 0. The van der Waals surface area contributed by atoms with Gasteiger partial charge in [0, 0.05) is 28.2 Å². The largest absolute Gasteiger partial charge is 0.456 e. The molecule has 0 bridgehead atoms. The van der Waals surface area contributed by atoms with E-state index in [2.05, 4.69) is 169 Å². The molecule has 8 aromatic rings. The van der Waals surface area contributed by atoms with Gasteiger partial charge in [-0.2, -0.15) is 0 Å². The highest BCUT2D eigenvalue weighted by Gasteiger charge is 2.20. The molecule has 0 aliphatic carbocycles. The third-order valence-corrected chi connectivity index (χ3v) is 8.01. The Morgan fingerprint density at radius 2 is 0.929 bits per heavy atom. The fraction of sp³-hybridized carbons (Fsp3) is 0. The zero-order valence-corrected chi connectivity index (χ0v) is 22.9. The summed E-state index contributed by atoms with van der Waals surface area (Å²) in [7, 11) is 0. The molecular weight excluding hydrogens is 510 g/mol. The summed E-state index contributed by atoms with van der Waals surface area (Å²) in [4.78, 5) is 2.31. The standard InChI is InChI=1S/C40H27NO/c1-4-12-28(13-5-1)29-20-22-34(23-21-29)41(33-18-8-3-9-19-33)35-26-36(30-14-6-2-7-15-30)40-37-24-31-16-10-11-17-32(31)25-38(37)42-39(40)27-35/h1-27H. The molecule has 0 N–H and O–H groups in total. The van der Waals surface area contributed by atoms with E-state index in [-0.39, 0.29) is 0 Å². The van der Waals surface area contributed by atoms with Gasteiger partial charge in [0.25, 0.3) is 0 Å². The number of nitrogens with zero attached hydrogens (tertiary/aromatic N) is 1. The molecule has 0 radical (unpaired) electrons. The van der Waals surface area contributed by atoms with Gasteiger partial charge < -0.3 is 9.32 Å². The Kier molecular flexibility index (Phi) is 5.82. The molecule has 7 aromatic carbocycles. The Morgan fingerprint density at radius 1 is 0.381 bits per heavy atom. The summed E-state index contributed by atoms with van der Waals surface area (Å²) in [5.74, 6) is 0. The lowest BCUT2D eigenvalue weighted by Gasteiger charge is -2.26. The van der Waals surface area contributed by atoms with Gasteiger partial charge in [-0.1, -0.05) is 115 Å². The van der Waals surface area contributed by atoms with Crippen molar-refractivity contribution in [3.05, 3.63) is 164 Å². The maximum atomic E-state index is 6.64. The molecule has 0 atom stereocenters. The maximum Gasteiger partial charge on any atom is 0.138 e. The van der Waals surface area contributed by atoms with Crippen LogP contribution in [0.25, 0.3) is 55.0 Å². The van der Waals surface area contributed by atoms with Gasteiger partial charge in [-0.3, -0.25) is 0 Å². The summed E-state index contributed by atoms with van der Waals surface area (Å²) in [6.07, 6.45) is 0. The molecule has 0 aliphatic heterocycles. The number of hydrogen-bond acceptors (Lipinski definition) is 2. The van der Waals surface area contributed by atoms with Crippen molar-refractivity contribution >= 4 is 49.8 Å². The lowest BCUT2D eigenvalue weighted by atomic mass is 9.97. The van der Waals surface area contributed by atoms with Gasteiger partial charge in [0.05, 0.1) is 5.69 Å². The Morgan fingerprint density at radius 3 is 1.62 bits per heavy atom. The van der Waals surface area contributed by atoms with Gasteiger partial charge in [-0.15, -0.1) is 0 Å². The van der Waals surface area contributed by atoms with Crippen LogP contribution >= 0.6 is 0 Å². The van der Waals surface area contributed by atoms with E-state index in [1.54, 1.807) is 0 Å². The van der Waals surface area contributed by atoms with Crippen LogP contribution in [0.5, 0.6) is 0 Å². The second-order valence-electron chi connectivity index (χ2n) is 10.6. The monoisotopic (exact) mass is 537 g/mol. The molecule has 1 heterocycles. The highest BCUT2D eigenvalue weighted by atomic mass is 16.3. The zero-order valence-electron chi connectivity index (χ0n) is 22.9. The first kappa shape index (κ1) is 24.2. The summed E-state index contributed by atoms with van der Waals surface area (Å²) in [5, 5.41) is 4.65. The Hall–Kier alpha value is -5.60. The van der Waals surface area contributed by atoms with E-state index < -0.39 is 0 Å². The van der Waals surface area contributed by atoms with Gasteiger partial charge in [-0.25, -0.2) is 0 Å². The van der Waals surface area contributed by atoms with Crippen molar-refractivity contribution in [3.8, 4) is 22.3 Å². The maximum absolute atomic E-state index is 6.64. The molecule has 0 spiro atoms. The third-order valence-electron chi connectivity index (χ3n) is 8.01. The van der Waals surface area contributed by atoms with Crippen molar-refractivity contribution in [1.29, 1.82) is 0 Å².